The summed E-state index contributed by atoms with van der Waals surface area (Å²) in [5.41, 5.74) is 6.84. The van der Waals surface area contributed by atoms with Crippen molar-refractivity contribution in [3.63, 3.8) is 0 Å². The maximum atomic E-state index is 13.1. The van der Waals surface area contributed by atoms with Crippen LogP contribution in [0.5, 0.6) is 0 Å². The second-order valence-electron chi connectivity index (χ2n) is 5.16. The predicted octanol–water partition coefficient (Wildman–Crippen LogP) is 3.53. The molecule has 1 fully saturated rings. The van der Waals surface area contributed by atoms with Crippen LogP contribution in [0, 0.1) is 5.82 Å². The molecular formula is C15H18FNO2. The lowest BCUT2D eigenvalue weighted by molar-refractivity contribution is 0.00628. The van der Waals surface area contributed by atoms with Crippen molar-refractivity contribution in [2.45, 2.75) is 37.8 Å². The molecule has 0 aliphatic carbocycles. The largest absolute Gasteiger partial charge is 0.459 e. The molecule has 0 radical (unpaired) electrons. The summed E-state index contributed by atoms with van der Waals surface area (Å²) in [7, 11) is 0. The third-order valence-electron chi connectivity index (χ3n) is 3.65. The number of ether oxygens (including phenoxy) is 1. The zero-order valence-electron chi connectivity index (χ0n) is 10.8. The summed E-state index contributed by atoms with van der Waals surface area (Å²) < 4.78 is 24.5. The molecule has 0 bridgehead atoms. The average molecular weight is 263 g/mol. The maximum Gasteiger partial charge on any atom is 0.134 e. The maximum absolute atomic E-state index is 13.1. The van der Waals surface area contributed by atoms with Gasteiger partial charge in [-0.3, -0.25) is 0 Å². The second-order valence-corrected chi connectivity index (χ2v) is 5.16. The fourth-order valence-corrected chi connectivity index (χ4v) is 2.61. The molecule has 0 saturated carbocycles. The van der Waals surface area contributed by atoms with Gasteiger partial charge in [0.15, 0.2) is 0 Å². The van der Waals surface area contributed by atoms with Crippen molar-refractivity contribution in [2.24, 2.45) is 5.73 Å². The van der Waals surface area contributed by atoms with E-state index in [1.54, 1.807) is 6.07 Å². The van der Waals surface area contributed by atoms with E-state index in [4.69, 9.17) is 14.9 Å². The van der Waals surface area contributed by atoms with Crippen molar-refractivity contribution in [1.29, 1.82) is 0 Å². The smallest absolute Gasteiger partial charge is 0.134 e. The highest BCUT2D eigenvalue weighted by Gasteiger charge is 2.20. The quantitative estimate of drug-likeness (QED) is 0.921. The molecule has 19 heavy (non-hydrogen) atoms. The van der Waals surface area contributed by atoms with Crippen LogP contribution in [0.4, 0.5) is 4.39 Å². The van der Waals surface area contributed by atoms with Crippen molar-refractivity contribution in [2.75, 3.05) is 6.61 Å². The van der Waals surface area contributed by atoms with E-state index in [0.717, 1.165) is 31.3 Å². The molecule has 1 aromatic carbocycles. The van der Waals surface area contributed by atoms with Crippen LogP contribution in [0.1, 0.15) is 37.5 Å². The van der Waals surface area contributed by atoms with Crippen molar-refractivity contribution in [1.82, 2.24) is 0 Å². The molecule has 1 aliphatic heterocycles. The molecule has 1 aromatic heterocycles. The molecule has 3 nitrogen and oxygen atoms in total. The van der Waals surface area contributed by atoms with Gasteiger partial charge in [-0.1, -0.05) is 0 Å². The Morgan fingerprint density at radius 2 is 2.21 bits per heavy atom. The Morgan fingerprint density at radius 1 is 1.32 bits per heavy atom. The molecule has 2 unspecified atom stereocenters. The third kappa shape index (κ3) is 2.80. The number of rotatable bonds is 3. The van der Waals surface area contributed by atoms with Crippen LogP contribution in [0.3, 0.4) is 0 Å². The standard InChI is InChI=1S/C15H18FNO2/c16-11-4-5-14-10(7-11)8-15(19-14)13(17)9-12-3-1-2-6-18-12/h4-5,7-8,12-13H,1-3,6,9,17H2. The predicted molar refractivity (Wildman–Crippen MR) is 71.3 cm³/mol. The summed E-state index contributed by atoms with van der Waals surface area (Å²) in [5, 5.41) is 0.759. The molecule has 2 atom stereocenters. The van der Waals surface area contributed by atoms with E-state index in [1.165, 1.54) is 18.6 Å². The number of hydrogen-bond acceptors (Lipinski definition) is 3. The van der Waals surface area contributed by atoms with Crippen molar-refractivity contribution >= 4 is 11.0 Å². The van der Waals surface area contributed by atoms with E-state index in [0.29, 0.717) is 11.3 Å². The van der Waals surface area contributed by atoms with Crippen LogP contribution < -0.4 is 5.73 Å². The summed E-state index contributed by atoms with van der Waals surface area (Å²) in [6, 6.07) is 6.13. The van der Waals surface area contributed by atoms with Crippen LogP contribution in [-0.2, 0) is 4.74 Å². The van der Waals surface area contributed by atoms with Gasteiger partial charge in [0.2, 0.25) is 0 Å². The fourth-order valence-electron chi connectivity index (χ4n) is 2.61. The van der Waals surface area contributed by atoms with E-state index in [-0.39, 0.29) is 18.0 Å². The van der Waals surface area contributed by atoms with E-state index >= 15 is 0 Å². The normalized spacial score (nSPS) is 21.7. The molecule has 0 spiro atoms. The Bertz CT molecular complexity index is 560. The number of benzene rings is 1. The van der Waals surface area contributed by atoms with Gasteiger partial charge in [-0.2, -0.15) is 0 Å². The van der Waals surface area contributed by atoms with Gasteiger partial charge in [0.05, 0.1) is 12.1 Å². The molecule has 1 saturated heterocycles. The first-order chi connectivity index (χ1) is 9.22. The number of halogens is 1. The van der Waals surface area contributed by atoms with Gasteiger partial charge in [-0.25, -0.2) is 4.39 Å². The summed E-state index contributed by atoms with van der Waals surface area (Å²) in [5.74, 6) is 0.443. The van der Waals surface area contributed by atoms with Crippen molar-refractivity contribution in [3.05, 3.63) is 35.8 Å². The number of fused-ring (bicyclic) bond motifs is 1. The molecule has 0 amide bonds. The molecule has 2 heterocycles. The summed E-state index contributed by atoms with van der Waals surface area (Å²) in [4.78, 5) is 0. The van der Waals surface area contributed by atoms with Crippen LogP contribution in [0.2, 0.25) is 0 Å². The van der Waals surface area contributed by atoms with E-state index < -0.39 is 0 Å². The summed E-state index contributed by atoms with van der Waals surface area (Å²) >= 11 is 0. The zero-order chi connectivity index (χ0) is 13.2. The van der Waals surface area contributed by atoms with Crippen molar-refractivity contribution in [3.8, 4) is 0 Å². The zero-order valence-corrected chi connectivity index (χ0v) is 10.8. The van der Waals surface area contributed by atoms with Gasteiger partial charge in [0.25, 0.3) is 0 Å². The highest BCUT2D eigenvalue weighted by atomic mass is 19.1. The Kier molecular flexibility index (Phi) is 3.53. The highest BCUT2D eigenvalue weighted by Crippen LogP contribution is 2.28. The van der Waals surface area contributed by atoms with Crippen LogP contribution in [0.15, 0.2) is 28.7 Å². The first kappa shape index (κ1) is 12.6. The fraction of sp³-hybridized carbons (Fsp3) is 0.467. The number of nitrogens with two attached hydrogens (primary N) is 1. The minimum absolute atomic E-state index is 0.196. The Labute approximate surface area is 111 Å². The highest BCUT2D eigenvalue weighted by molar-refractivity contribution is 5.77. The summed E-state index contributed by atoms with van der Waals surface area (Å²) in [6.07, 6.45) is 4.36. The monoisotopic (exact) mass is 263 g/mol. The van der Waals surface area contributed by atoms with Crippen LogP contribution in [-0.4, -0.2) is 12.7 Å². The Morgan fingerprint density at radius 3 is 3.00 bits per heavy atom. The van der Waals surface area contributed by atoms with Gasteiger partial charge in [0.1, 0.15) is 17.2 Å². The third-order valence-corrected chi connectivity index (χ3v) is 3.65. The van der Waals surface area contributed by atoms with Gasteiger partial charge in [0, 0.05) is 12.0 Å². The minimum atomic E-state index is -0.260. The molecule has 2 aromatic rings. The van der Waals surface area contributed by atoms with E-state index in [2.05, 4.69) is 0 Å². The van der Waals surface area contributed by atoms with Crippen LogP contribution in [0.25, 0.3) is 11.0 Å². The molecule has 102 valence electrons. The minimum Gasteiger partial charge on any atom is -0.459 e. The van der Waals surface area contributed by atoms with E-state index in [9.17, 15) is 4.39 Å². The first-order valence-electron chi connectivity index (χ1n) is 6.78. The van der Waals surface area contributed by atoms with Gasteiger partial charge in [-0.15, -0.1) is 0 Å². The molecule has 2 N–H and O–H groups in total. The lowest BCUT2D eigenvalue weighted by Crippen LogP contribution is -2.24. The van der Waals surface area contributed by atoms with E-state index in [1.807, 2.05) is 6.07 Å². The molecule has 3 rings (SSSR count). The Hall–Kier alpha value is -1.39. The second kappa shape index (κ2) is 5.31. The van der Waals surface area contributed by atoms with Gasteiger partial charge in [-0.05, 0) is 49.9 Å². The molecular weight excluding hydrogens is 245 g/mol. The lowest BCUT2D eigenvalue weighted by atomic mass is 10.0. The van der Waals surface area contributed by atoms with Crippen molar-refractivity contribution < 1.29 is 13.5 Å². The van der Waals surface area contributed by atoms with Gasteiger partial charge >= 0.3 is 0 Å². The Balaban J connectivity index is 1.75. The van der Waals surface area contributed by atoms with Gasteiger partial charge < -0.3 is 14.9 Å². The SMILES string of the molecule is NC(CC1CCCCO1)c1cc2cc(F)ccc2o1. The molecule has 4 heteroatoms. The molecule has 1 aliphatic rings. The topological polar surface area (TPSA) is 48.4 Å². The van der Waals surface area contributed by atoms with Crippen LogP contribution >= 0.6 is 0 Å². The summed E-state index contributed by atoms with van der Waals surface area (Å²) in [6.45, 7) is 0.822. The number of furan rings is 1. The first-order valence-corrected chi connectivity index (χ1v) is 6.78. The average Bonchev–Trinajstić information content (AvgIpc) is 2.83. The number of hydrogen-bond donors (Lipinski definition) is 1. The lowest BCUT2D eigenvalue weighted by Gasteiger charge is -2.24.